The molecule has 3 aromatic rings. The van der Waals surface area contributed by atoms with Crippen LogP contribution in [0.1, 0.15) is 43.5 Å². The van der Waals surface area contributed by atoms with Gasteiger partial charge in [-0.15, -0.1) is 0 Å². The first-order valence-corrected chi connectivity index (χ1v) is 11.0. The van der Waals surface area contributed by atoms with Crippen molar-refractivity contribution in [3.8, 4) is 0 Å². The Morgan fingerprint density at radius 1 is 1.09 bits per heavy atom. The van der Waals surface area contributed by atoms with Crippen LogP contribution in [-0.4, -0.2) is 28.3 Å². The van der Waals surface area contributed by atoms with Gasteiger partial charge in [0.1, 0.15) is 6.04 Å². The molecule has 2 aromatic carbocycles. The van der Waals surface area contributed by atoms with Gasteiger partial charge in [-0.2, -0.15) is 5.10 Å². The van der Waals surface area contributed by atoms with Crippen molar-refractivity contribution in [2.75, 3.05) is 6.61 Å². The van der Waals surface area contributed by atoms with Gasteiger partial charge in [0.15, 0.2) is 0 Å². The SMILES string of the molecule is CCOC(=O)C1=C(c2ccccc2)NC(n2cccn2)=NC1c1ccc(CC(C)C)cc1. The van der Waals surface area contributed by atoms with Gasteiger partial charge in [0.25, 0.3) is 0 Å². The number of carbonyl (C=O) groups is 1. The number of benzene rings is 2. The van der Waals surface area contributed by atoms with Crippen LogP contribution in [0, 0.1) is 5.92 Å². The second-order valence-corrected chi connectivity index (χ2v) is 8.15. The Kier molecular flexibility index (Phi) is 6.50. The maximum Gasteiger partial charge on any atom is 0.338 e. The molecule has 2 heterocycles. The van der Waals surface area contributed by atoms with E-state index in [0.29, 0.717) is 29.8 Å². The second kappa shape index (κ2) is 9.64. The summed E-state index contributed by atoms with van der Waals surface area (Å²) in [6.07, 6.45) is 4.53. The summed E-state index contributed by atoms with van der Waals surface area (Å²) in [6, 6.07) is 19.4. The van der Waals surface area contributed by atoms with Gasteiger partial charge >= 0.3 is 5.97 Å². The molecular formula is C26H28N4O2. The molecule has 1 aliphatic heterocycles. The van der Waals surface area contributed by atoms with Crippen LogP contribution in [0.3, 0.4) is 0 Å². The fourth-order valence-electron chi connectivity index (χ4n) is 3.85. The van der Waals surface area contributed by atoms with Crippen LogP contribution in [0.15, 0.2) is 83.6 Å². The van der Waals surface area contributed by atoms with Crippen molar-refractivity contribution >= 4 is 17.6 Å². The first kappa shape index (κ1) is 21.6. The van der Waals surface area contributed by atoms with Gasteiger partial charge in [-0.1, -0.05) is 68.4 Å². The average Bonchev–Trinajstić information content (AvgIpc) is 3.34. The Morgan fingerprint density at radius 3 is 2.47 bits per heavy atom. The summed E-state index contributed by atoms with van der Waals surface area (Å²) in [5, 5.41) is 7.66. The molecule has 0 bridgehead atoms. The van der Waals surface area contributed by atoms with Crippen molar-refractivity contribution in [1.82, 2.24) is 15.1 Å². The average molecular weight is 429 g/mol. The Hall–Kier alpha value is -3.67. The van der Waals surface area contributed by atoms with Crippen LogP contribution < -0.4 is 5.32 Å². The summed E-state index contributed by atoms with van der Waals surface area (Å²) in [7, 11) is 0. The molecule has 0 saturated heterocycles. The Morgan fingerprint density at radius 2 is 1.84 bits per heavy atom. The molecule has 1 aliphatic rings. The zero-order chi connectivity index (χ0) is 22.5. The van der Waals surface area contributed by atoms with Crippen molar-refractivity contribution in [3.63, 3.8) is 0 Å². The number of nitrogens with one attached hydrogen (secondary N) is 1. The zero-order valence-electron chi connectivity index (χ0n) is 18.7. The molecule has 0 aliphatic carbocycles. The van der Waals surface area contributed by atoms with Crippen molar-refractivity contribution in [2.45, 2.75) is 33.2 Å². The fourth-order valence-corrected chi connectivity index (χ4v) is 3.85. The lowest BCUT2D eigenvalue weighted by molar-refractivity contribution is -0.138. The molecule has 1 unspecified atom stereocenters. The Balaban J connectivity index is 1.85. The van der Waals surface area contributed by atoms with Crippen LogP contribution in [-0.2, 0) is 16.0 Å². The standard InChI is InChI=1S/C26H28N4O2/c1-4-32-25(31)22-23(20-9-6-5-7-10-20)28-26(30-16-8-15-27-30)29-24(22)21-13-11-19(12-14-21)17-18(2)3/h5-16,18,24H,4,17H2,1-3H3,(H,28,29). The second-order valence-electron chi connectivity index (χ2n) is 8.15. The molecule has 6 nitrogen and oxygen atoms in total. The van der Waals surface area contributed by atoms with E-state index in [9.17, 15) is 4.79 Å². The number of hydrogen-bond acceptors (Lipinski definition) is 5. The zero-order valence-corrected chi connectivity index (χ0v) is 18.7. The first-order chi connectivity index (χ1) is 15.6. The summed E-state index contributed by atoms with van der Waals surface area (Å²) in [5.74, 6) is 0.750. The predicted molar refractivity (Wildman–Crippen MR) is 126 cm³/mol. The molecule has 164 valence electrons. The lowest BCUT2D eigenvalue weighted by Gasteiger charge is -2.27. The number of ether oxygens (including phenoxy) is 1. The lowest BCUT2D eigenvalue weighted by Crippen LogP contribution is -2.36. The van der Waals surface area contributed by atoms with Crippen molar-refractivity contribution in [1.29, 1.82) is 0 Å². The third-order valence-electron chi connectivity index (χ3n) is 5.25. The van der Waals surface area contributed by atoms with Crippen molar-refractivity contribution < 1.29 is 9.53 Å². The largest absolute Gasteiger partial charge is 0.463 e. The molecule has 0 saturated carbocycles. The number of hydrogen-bond donors (Lipinski definition) is 1. The van der Waals surface area contributed by atoms with Crippen LogP contribution in [0.4, 0.5) is 0 Å². The van der Waals surface area contributed by atoms with E-state index in [1.807, 2.05) is 49.5 Å². The van der Waals surface area contributed by atoms with Gasteiger partial charge < -0.3 is 10.1 Å². The minimum Gasteiger partial charge on any atom is -0.463 e. The lowest BCUT2D eigenvalue weighted by atomic mass is 9.92. The summed E-state index contributed by atoms with van der Waals surface area (Å²) >= 11 is 0. The highest BCUT2D eigenvalue weighted by Crippen LogP contribution is 2.35. The highest BCUT2D eigenvalue weighted by atomic mass is 16.5. The quantitative estimate of drug-likeness (QED) is 0.583. The molecule has 0 amide bonds. The van der Waals surface area contributed by atoms with Gasteiger partial charge in [-0.25, -0.2) is 14.5 Å². The summed E-state index contributed by atoms with van der Waals surface area (Å²) < 4.78 is 7.13. The highest BCUT2D eigenvalue weighted by Gasteiger charge is 2.33. The number of aliphatic imine (C=N–C) groups is 1. The number of carbonyl (C=O) groups excluding carboxylic acids is 1. The van der Waals surface area contributed by atoms with Crippen LogP contribution in [0.5, 0.6) is 0 Å². The topological polar surface area (TPSA) is 68.5 Å². The van der Waals surface area contributed by atoms with Crippen LogP contribution >= 0.6 is 0 Å². The molecular weight excluding hydrogens is 400 g/mol. The molecule has 0 radical (unpaired) electrons. The summed E-state index contributed by atoms with van der Waals surface area (Å²) in [5.41, 5.74) is 4.25. The maximum atomic E-state index is 13.2. The minimum absolute atomic E-state index is 0.292. The fraction of sp³-hybridized carbons (Fsp3) is 0.269. The van der Waals surface area contributed by atoms with Crippen molar-refractivity contribution in [2.24, 2.45) is 10.9 Å². The Bertz CT molecular complexity index is 1110. The maximum absolute atomic E-state index is 13.2. The van der Waals surface area contributed by atoms with E-state index in [1.165, 1.54) is 5.56 Å². The van der Waals surface area contributed by atoms with Gasteiger partial charge in [-0.05, 0) is 42.0 Å². The molecule has 0 spiro atoms. The molecule has 32 heavy (non-hydrogen) atoms. The van der Waals surface area contributed by atoms with E-state index < -0.39 is 6.04 Å². The number of aromatic nitrogens is 2. The van der Waals surface area contributed by atoms with E-state index in [0.717, 1.165) is 17.5 Å². The number of nitrogens with zero attached hydrogens (tertiary/aromatic N) is 3. The minimum atomic E-state index is -0.516. The molecule has 1 atom stereocenters. The third kappa shape index (κ3) is 4.64. The predicted octanol–water partition coefficient (Wildman–Crippen LogP) is 4.60. The van der Waals surface area contributed by atoms with Gasteiger partial charge in [0, 0.05) is 12.4 Å². The van der Waals surface area contributed by atoms with Crippen LogP contribution in [0.2, 0.25) is 0 Å². The molecule has 4 rings (SSSR count). The Labute approximate surface area is 188 Å². The molecule has 1 N–H and O–H groups in total. The summed E-state index contributed by atoms with van der Waals surface area (Å²) in [4.78, 5) is 18.1. The number of esters is 1. The van der Waals surface area contributed by atoms with E-state index in [1.54, 1.807) is 10.9 Å². The first-order valence-electron chi connectivity index (χ1n) is 11.0. The summed E-state index contributed by atoms with van der Waals surface area (Å²) in [6.45, 7) is 6.51. The van der Waals surface area contributed by atoms with E-state index in [4.69, 9.17) is 9.73 Å². The molecule has 6 heteroatoms. The van der Waals surface area contributed by atoms with Gasteiger partial charge in [0.2, 0.25) is 5.96 Å². The monoisotopic (exact) mass is 428 g/mol. The normalized spacial score (nSPS) is 16.0. The highest BCUT2D eigenvalue weighted by molar-refractivity contribution is 6.05. The van der Waals surface area contributed by atoms with Gasteiger partial charge in [-0.3, -0.25) is 0 Å². The van der Waals surface area contributed by atoms with Gasteiger partial charge in [0.05, 0.1) is 17.9 Å². The van der Waals surface area contributed by atoms with E-state index >= 15 is 0 Å². The van der Waals surface area contributed by atoms with Crippen LogP contribution in [0.25, 0.3) is 5.70 Å². The van der Waals surface area contributed by atoms with E-state index in [-0.39, 0.29) is 5.97 Å². The number of rotatable bonds is 6. The van der Waals surface area contributed by atoms with Crippen molar-refractivity contribution in [3.05, 3.63) is 95.3 Å². The smallest absolute Gasteiger partial charge is 0.338 e. The van der Waals surface area contributed by atoms with E-state index in [2.05, 4.69) is 48.5 Å². The molecule has 0 fully saturated rings. The third-order valence-corrected chi connectivity index (χ3v) is 5.25. The molecule has 1 aromatic heterocycles.